The van der Waals surface area contributed by atoms with Gasteiger partial charge in [0.15, 0.2) is 5.13 Å². The lowest BCUT2D eigenvalue weighted by Gasteiger charge is -2.28. The Kier molecular flexibility index (Phi) is 5.97. The fourth-order valence-electron chi connectivity index (χ4n) is 3.06. The normalized spacial score (nSPS) is 14.3. The maximum atomic E-state index is 13.9. The highest BCUT2D eigenvalue weighted by molar-refractivity contribution is 7.14. The number of ether oxygens (including phenoxy) is 1. The van der Waals surface area contributed by atoms with Crippen LogP contribution in [0, 0.1) is 5.82 Å². The van der Waals surface area contributed by atoms with Gasteiger partial charge in [-0.2, -0.15) is 0 Å². The summed E-state index contributed by atoms with van der Waals surface area (Å²) >= 11 is 1.26. The number of hydrogen-bond acceptors (Lipinski definition) is 5. The zero-order chi connectivity index (χ0) is 20.1. The van der Waals surface area contributed by atoms with Gasteiger partial charge in [-0.25, -0.2) is 9.37 Å². The summed E-state index contributed by atoms with van der Waals surface area (Å²) in [5, 5.41) is 4.88. The summed E-state index contributed by atoms with van der Waals surface area (Å²) in [5.74, 6) is -0.618. The van der Waals surface area contributed by atoms with Crippen LogP contribution in [0.25, 0.3) is 17.3 Å². The molecule has 148 valence electrons. The van der Waals surface area contributed by atoms with E-state index in [1.54, 1.807) is 29.7 Å². The molecule has 0 unspecified atom stereocenters. The molecule has 1 aromatic heterocycles. The third kappa shape index (κ3) is 4.88. The van der Waals surface area contributed by atoms with Crippen LogP contribution in [-0.2, 0) is 9.53 Å². The quantitative estimate of drug-likeness (QED) is 0.633. The molecule has 7 heteroatoms. The van der Waals surface area contributed by atoms with Crippen molar-refractivity contribution in [3.63, 3.8) is 0 Å². The predicted octanol–water partition coefficient (Wildman–Crippen LogP) is 4.44. The molecule has 2 aromatic carbocycles. The van der Waals surface area contributed by atoms with Gasteiger partial charge >= 0.3 is 0 Å². The molecule has 29 heavy (non-hydrogen) atoms. The van der Waals surface area contributed by atoms with Gasteiger partial charge in [-0.3, -0.25) is 10.1 Å². The first-order valence-electron chi connectivity index (χ1n) is 9.31. The van der Waals surface area contributed by atoms with E-state index in [2.05, 4.69) is 15.2 Å². The number of nitrogens with one attached hydrogen (secondary N) is 1. The van der Waals surface area contributed by atoms with Crippen LogP contribution in [0.3, 0.4) is 0 Å². The van der Waals surface area contributed by atoms with Gasteiger partial charge in [0.25, 0.3) is 0 Å². The number of anilines is 2. The average Bonchev–Trinajstić information content (AvgIpc) is 3.22. The van der Waals surface area contributed by atoms with E-state index in [0.717, 1.165) is 37.6 Å². The number of carbonyl (C=O) groups excluding carboxylic acids is 1. The summed E-state index contributed by atoms with van der Waals surface area (Å²) in [6.45, 7) is 3.27. The second-order valence-corrected chi connectivity index (χ2v) is 7.39. The number of carbonyl (C=O) groups is 1. The third-order valence-corrected chi connectivity index (χ3v) is 5.34. The van der Waals surface area contributed by atoms with E-state index in [9.17, 15) is 9.18 Å². The number of nitrogens with zero attached hydrogens (tertiary/aromatic N) is 2. The van der Waals surface area contributed by atoms with Gasteiger partial charge in [-0.05, 0) is 35.9 Å². The standard InChI is InChI=1S/C22H20FN3O2S/c23-19-4-2-1-3-18(19)20-15-29-22(24-20)25-21(27)10-7-16-5-8-17(9-6-16)26-11-13-28-14-12-26/h1-10,15H,11-14H2,(H,24,25,27)/b10-7+. The Balaban J connectivity index is 1.36. The molecule has 1 aliphatic rings. The number of aromatic nitrogens is 1. The first-order valence-corrected chi connectivity index (χ1v) is 10.2. The van der Waals surface area contributed by atoms with E-state index in [1.807, 2.05) is 24.3 Å². The van der Waals surface area contributed by atoms with Crippen molar-refractivity contribution in [3.8, 4) is 11.3 Å². The fraction of sp³-hybridized carbons (Fsp3) is 0.182. The number of hydrogen-bond donors (Lipinski definition) is 1. The minimum atomic E-state index is -0.337. The Morgan fingerprint density at radius 3 is 2.66 bits per heavy atom. The van der Waals surface area contributed by atoms with Gasteiger partial charge in [0, 0.05) is 35.8 Å². The number of benzene rings is 2. The Morgan fingerprint density at radius 2 is 1.90 bits per heavy atom. The molecule has 1 N–H and O–H groups in total. The Bertz CT molecular complexity index is 1010. The minimum absolute atomic E-state index is 0.281. The number of rotatable bonds is 5. The summed E-state index contributed by atoms with van der Waals surface area (Å²) in [6, 6.07) is 14.5. The second-order valence-electron chi connectivity index (χ2n) is 6.53. The maximum absolute atomic E-state index is 13.9. The lowest BCUT2D eigenvalue weighted by molar-refractivity contribution is -0.111. The van der Waals surface area contributed by atoms with Crippen LogP contribution in [0.4, 0.5) is 15.2 Å². The van der Waals surface area contributed by atoms with E-state index < -0.39 is 0 Å². The molecule has 5 nitrogen and oxygen atoms in total. The maximum Gasteiger partial charge on any atom is 0.250 e. The highest BCUT2D eigenvalue weighted by Gasteiger charge is 2.11. The smallest absolute Gasteiger partial charge is 0.250 e. The van der Waals surface area contributed by atoms with Gasteiger partial charge in [-0.1, -0.05) is 24.3 Å². The van der Waals surface area contributed by atoms with Crippen molar-refractivity contribution < 1.29 is 13.9 Å². The number of halogens is 1. The lowest BCUT2D eigenvalue weighted by atomic mass is 10.1. The molecule has 0 atom stereocenters. The monoisotopic (exact) mass is 409 g/mol. The summed E-state index contributed by atoms with van der Waals surface area (Å²) in [7, 11) is 0. The van der Waals surface area contributed by atoms with Crippen molar-refractivity contribution in [1.82, 2.24) is 4.98 Å². The number of thiazole rings is 1. The van der Waals surface area contributed by atoms with E-state index >= 15 is 0 Å². The SMILES string of the molecule is O=C(/C=C/c1ccc(N2CCOCC2)cc1)Nc1nc(-c2ccccc2F)cs1. The Morgan fingerprint density at radius 1 is 1.14 bits per heavy atom. The van der Waals surface area contributed by atoms with Crippen LogP contribution >= 0.6 is 11.3 Å². The van der Waals surface area contributed by atoms with Crippen molar-refractivity contribution in [2.24, 2.45) is 0 Å². The molecule has 1 amide bonds. The van der Waals surface area contributed by atoms with Crippen LogP contribution in [0.2, 0.25) is 0 Å². The fourth-order valence-corrected chi connectivity index (χ4v) is 3.77. The third-order valence-electron chi connectivity index (χ3n) is 4.58. The van der Waals surface area contributed by atoms with Crippen LogP contribution in [-0.4, -0.2) is 37.2 Å². The Hall–Kier alpha value is -3.03. The predicted molar refractivity (Wildman–Crippen MR) is 115 cm³/mol. The molecular weight excluding hydrogens is 389 g/mol. The zero-order valence-corrected chi connectivity index (χ0v) is 16.5. The van der Waals surface area contributed by atoms with Crippen LogP contribution < -0.4 is 10.2 Å². The molecule has 2 heterocycles. The summed E-state index contributed by atoms with van der Waals surface area (Å²) in [5.41, 5.74) is 3.01. The van der Waals surface area contributed by atoms with Gasteiger partial charge < -0.3 is 9.64 Å². The molecule has 1 saturated heterocycles. The molecule has 1 aliphatic heterocycles. The van der Waals surface area contributed by atoms with Gasteiger partial charge in [-0.15, -0.1) is 11.3 Å². The topological polar surface area (TPSA) is 54.5 Å². The lowest BCUT2D eigenvalue weighted by Crippen LogP contribution is -2.36. The molecule has 4 rings (SSSR count). The summed E-state index contributed by atoms with van der Waals surface area (Å²) in [6.07, 6.45) is 3.22. The van der Waals surface area contributed by atoms with Gasteiger partial charge in [0.2, 0.25) is 5.91 Å². The molecular formula is C22H20FN3O2S. The first-order chi connectivity index (χ1) is 14.2. The second kappa shape index (κ2) is 8.98. The average molecular weight is 409 g/mol. The van der Waals surface area contributed by atoms with Gasteiger partial charge in [0.1, 0.15) is 5.82 Å². The van der Waals surface area contributed by atoms with Crippen molar-refractivity contribution in [2.75, 3.05) is 36.5 Å². The number of amides is 1. The molecule has 3 aromatic rings. The van der Waals surface area contributed by atoms with Crippen LogP contribution in [0.1, 0.15) is 5.56 Å². The highest BCUT2D eigenvalue weighted by Crippen LogP contribution is 2.26. The minimum Gasteiger partial charge on any atom is -0.378 e. The first kappa shape index (κ1) is 19.3. The summed E-state index contributed by atoms with van der Waals surface area (Å²) < 4.78 is 19.2. The van der Waals surface area contributed by atoms with E-state index in [0.29, 0.717) is 16.4 Å². The molecule has 0 bridgehead atoms. The van der Waals surface area contributed by atoms with Crippen molar-refractivity contribution >= 4 is 34.1 Å². The van der Waals surface area contributed by atoms with E-state index in [-0.39, 0.29) is 11.7 Å². The molecule has 0 radical (unpaired) electrons. The van der Waals surface area contributed by atoms with E-state index in [4.69, 9.17) is 4.74 Å². The summed E-state index contributed by atoms with van der Waals surface area (Å²) in [4.78, 5) is 18.8. The van der Waals surface area contributed by atoms with Crippen molar-refractivity contribution in [2.45, 2.75) is 0 Å². The molecule has 0 saturated carbocycles. The zero-order valence-electron chi connectivity index (χ0n) is 15.7. The van der Waals surface area contributed by atoms with Crippen LogP contribution in [0.5, 0.6) is 0 Å². The van der Waals surface area contributed by atoms with E-state index in [1.165, 1.54) is 23.5 Å². The number of morpholine rings is 1. The Labute approximate surface area is 172 Å². The van der Waals surface area contributed by atoms with Crippen molar-refractivity contribution in [3.05, 3.63) is 71.4 Å². The highest BCUT2D eigenvalue weighted by atomic mass is 32.1. The molecule has 0 spiro atoms. The van der Waals surface area contributed by atoms with Gasteiger partial charge in [0.05, 0.1) is 18.9 Å². The van der Waals surface area contributed by atoms with Crippen molar-refractivity contribution in [1.29, 1.82) is 0 Å². The van der Waals surface area contributed by atoms with Crippen LogP contribution in [0.15, 0.2) is 60.0 Å². The molecule has 1 fully saturated rings. The largest absolute Gasteiger partial charge is 0.378 e. The molecule has 0 aliphatic carbocycles.